The monoisotopic (exact) mass is 326 g/mol. The molecule has 1 spiro atoms. The van der Waals surface area contributed by atoms with Gasteiger partial charge in [0.05, 0.1) is 18.2 Å². The minimum absolute atomic E-state index is 0.120. The van der Waals surface area contributed by atoms with Gasteiger partial charge in [0, 0.05) is 51.3 Å². The number of rotatable bonds is 3. The predicted molar refractivity (Wildman–Crippen MR) is 91.0 cm³/mol. The van der Waals surface area contributed by atoms with E-state index >= 15 is 0 Å². The summed E-state index contributed by atoms with van der Waals surface area (Å²) < 4.78 is 6.29. The average molecular weight is 326 g/mol. The number of ether oxygens (including phenoxy) is 1. The van der Waals surface area contributed by atoms with Crippen molar-refractivity contribution in [1.82, 2.24) is 19.9 Å². The van der Waals surface area contributed by atoms with E-state index < -0.39 is 0 Å². The third kappa shape index (κ3) is 2.91. The standard InChI is InChI=1S/C17H22N6O/c1-22(15-18-6-3-7-19-15)14-11-17(24-12-14)5-2-10-23(13-17)16-20-8-4-9-21-16/h3-4,6-9,14H,2,5,10-13H2,1H3/t14-,17-/m0/s1. The molecule has 24 heavy (non-hydrogen) atoms. The van der Waals surface area contributed by atoms with E-state index in [-0.39, 0.29) is 5.60 Å². The van der Waals surface area contributed by atoms with Crippen LogP contribution in [0.5, 0.6) is 0 Å². The second kappa shape index (κ2) is 6.32. The SMILES string of the molecule is CN(c1ncccn1)[C@@H]1CO[C@@]2(CCCN(c3ncccn3)C2)C1. The summed E-state index contributed by atoms with van der Waals surface area (Å²) >= 11 is 0. The maximum absolute atomic E-state index is 6.29. The molecule has 4 heterocycles. The van der Waals surface area contributed by atoms with Crippen LogP contribution in [0.2, 0.25) is 0 Å². The van der Waals surface area contributed by atoms with Crippen molar-refractivity contribution in [2.45, 2.75) is 30.9 Å². The molecule has 2 fully saturated rings. The highest BCUT2D eigenvalue weighted by atomic mass is 16.5. The van der Waals surface area contributed by atoms with E-state index in [1.165, 1.54) is 0 Å². The molecule has 4 rings (SSSR count). The van der Waals surface area contributed by atoms with Gasteiger partial charge in [-0.15, -0.1) is 0 Å². The van der Waals surface area contributed by atoms with Gasteiger partial charge in [-0.25, -0.2) is 19.9 Å². The van der Waals surface area contributed by atoms with E-state index in [0.717, 1.165) is 44.2 Å². The Hall–Kier alpha value is -2.28. The lowest BCUT2D eigenvalue weighted by Gasteiger charge is -2.39. The Bertz CT molecular complexity index is 669. The van der Waals surface area contributed by atoms with Crippen LogP contribution in [-0.2, 0) is 4.74 Å². The molecule has 0 aromatic carbocycles. The number of hydrogen-bond acceptors (Lipinski definition) is 7. The van der Waals surface area contributed by atoms with Gasteiger partial charge in [0.15, 0.2) is 0 Å². The maximum Gasteiger partial charge on any atom is 0.225 e. The van der Waals surface area contributed by atoms with Gasteiger partial charge in [-0.3, -0.25) is 0 Å². The number of hydrogen-bond donors (Lipinski definition) is 0. The van der Waals surface area contributed by atoms with E-state index in [9.17, 15) is 0 Å². The molecule has 7 nitrogen and oxygen atoms in total. The van der Waals surface area contributed by atoms with Crippen molar-refractivity contribution < 1.29 is 4.74 Å². The highest BCUT2D eigenvalue weighted by molar-refractivity contribution is 5.33. The minimum atomic E-state index is -0.120. The molecule has 126 valence electrons. The zero-order valence-electron chi connectivity index (χ0n) is 13.9. The molecule has 2 aromatic rings. The first-order chi connectivity index (χ1) is 11.8. The zero-order chi connectivity index (χ0) is 16.4. The first-order valence-corrected chi connectivity index (χ1v) is 8.42. The molecule has 2 aliphatic rings. The molecule has 0 radical (unpaired) electrons. The van der Waals surface area contributed by atoms with Crippen molar-refractivity contribution >= 4 is 11.9 Å². The van der Waals surface area contributed by atoms with Crippen molar-refractivity contribution in [2.24, 2.45) is 0 Å². The normalized spacial score (nSPS) is 26.7. The van der Waals surface area contributed by atoms with Crippen molar-refractivity contribution in [3.05, 3.63) is 36.9 Å². The highest BCUT2D eigenvalue weighted by Gasteiger charge is 2.45. The molecule has 0 saturated carbocycles. The zero-order valence-corrected chi connectivity index (χ0v) is 13.9. The fraction of sp³-hybridized carbons (Fsp3) is 0.529. The quantitative estimate of drug-likeness (QED) is 0.847. The van der Waals surface area contributed by atoms with Crippen LogP contribution in [-0.4, -0.2) is 58.3 Å². The van der Waals surface area contributed by atoms with Gasteiger partial charge < -0.3 is 14.5 Å². The van der Waals surface area contributed by atoms with Gasteiger partial charge in [-0.2, -0.15) is 0 Å². The van der Waals surface area contributed by atoms with Crippen LogP contribution in [0, 0.1) is 0 Å². The third-order valence-electron chi connectivity index (χ3n) is 4.98. The molecule has 2 saturated heterocycles. The van der Waals surface area contributed by atoms with Crippen LogP contribution < -0.4 is 9.80 Å². The average Bonchev–Trinajstić information content (AvgIpc) is 3.06. The van der Waals surface area contributed by atoms with E-state index in [4.69, 9.17) is 4.74 Å². The Labute approximate surface area is 141 Å². The van der Waals surface area contributed by atoms with Crippen molar-refractivity contribution in [3.63, 3.8) is 0 Å². The fourth-order valence-electron chi connectivity index (χ4n) is 3.71. The molecule has 2 atom stereocenters. The summed E-state index contributed by atoms with van der Waals surface area (Å²) in [6, 6.07) is 3.98. The highest BCUT2D eigenvalue weighted by Crippen LogP contribution is 2.37. The van der Waals surface area contributed by atoms with Crippen LogP contribution in [0.4, 0.5) is 11.9 Å². The molecule has 0 bridgehead atoms. The molecule has 0 aliphatic carbocycles. The predicted octanol–water partition coefficient (Wildman–Crippen LogP) is 1.53. The second-order valence-electron chi connectivity index (χ2n) is 6.59. The molecule has 2 aromatic heterocycles. The summed E-state index contributed by atoms with van der Waals surface area (Å²) in [4.78, 5) is 21.8. The summed E-state index contributed by atoms with van der Waals surface area (Å²) in [5.41, 5.74) is -0.120. The first-order valence-electron chi connectivity index (χ1n) is 8.42. The maximum atomic E-state index is 6.29. The number of aromatic nitrogens is 4. The molecule has 0 unspecified atom stereocenters. The summed E-state index contributed by atoms with van der Waals surface area (Å²) in [6.45, 7) is 2.53. The van der Waals surface area contributed by atoms with Gasteiger partial charge in [-0.05, 0) is 25.0 Å². The fourth-order valence-corrected chi connectivity index (χ4v) is 3.71. The lowest BCUT2D eigenvalue weighted by molar-refractivity contribution is -0.00679. The van der Waals surface area contributed by atoms with Crippen LogP contribution in [0.3, 0.4) is 0 Å². The number of nitrogens with zero attached hydrogens (tertiary/aromatic N) is 6. The van der Waals surface area contributed by atoms with Crippen molar-refractivity contribution in [2.75, 3.05) is 36.5 Å². The second-order valence-corrected chi connectivity index (χ2v) is 6.59. The van der Waals surface area contributed by atoms with Crippen molar-refractivity contribution in [3.8, 4) is 0 Å². The summed E-state index contributed by atoms with van der Waals surface area (Å²) in [6.07, 6.45) is 10.3. The largest absolute Gasteiger partial charge is 0.371 e. The van der Waals surface area contributed by atoms with E-state index in [1.807, 2.05) is 19.2 Å². The van der Waals surface area contributed by atoms with Gasteiger partial charge >= 0.3 is 0 Å². The number of piperidine rings is 1. The lowest BCUT2D eigenvalue weighted by Crippen LogP contribution is -2.49. The Morgan fingerprint density at radius 2 is 1.83 bits per heavy atom. The molecule has 0 N–H and O–H groups in total. The van der Waals surface area contributed by atoms with Crippen LogP contribution in [0.25, 0.3) is 0 Å². The van der Waals surface area contributed by atoms with Crippen LogP contribution in [0.1, 0.15) is 19.3 Å². The lowest BCUT2D eigenvalue weighted by atomic mass is 9.88. The first kappa shape index (κ1) is 15.3. The topological polar surface area (TPSA) is 67.3 Å². The molecule has 7 heteroatoms. The summed E-state index contributed by atoms with van der Waals surface area (Å²) in [7, 11) is 2.04. The smallest absolute Gasteiger partial charge is 0.225 e. The molecular weight excluding hydrogens is 304 g/mol. The van der Waals surface area contributed by atoms with Gasteiger partial charge in [0.25, 0.3) is 0 Å². The van der Waals surface area contributed by atoms with Gasteiger partial charge in [-0.1, -0.05) is 0 Å². The van der Waals surface area contributed by atoms with Gasteiger partial charge in [0.1, 0.15) is 0 Å². The number of anilines is 2. The van der Waals surface area contributed by atoms with E-state index in [0.29, 0.717) is 12.6 Å². The Kier molecular flexibility index (Phi) is 4.02. The van der Waals surface area contributed by atoms with Crippen LogP contribution >= 0.6 is 0 Å². The molecule has 0 amide bonds. The molecular formula is C17H22N6O. The van der Waals surface area contributed by atoms with Gasteiger partial charge in [0.2, 0.25) is 11.9 Å². The number of likely N-dealkylation sites (N-methyl/N-ethyl adjacent to an activating group) is 1. The van der Waals surface area contributed by atoms with Crippen molar-refractivity contribution in [1.29, 1.82) is 0 Å². The Morgan fingerprint density at radius 3 is 2.58 bits per heavy atom. The summed E-state index contributed by atoms with van der Waals surface area (Å²) in [5, 5.41) is 0. The van der Waals surface area contributed by atoms with E-state index in [2.05, 4.69) is 29.7 Å². The van der Waals surface area contributed by atoms with Crippen LogP contribution in [0.15, 0.2) is 36.9 Å². The minimum Gasteiger partial charge on any atom is -0.371 e. The Balaban J connectivity index is 1.47. The molecule has 2 aliphatic heterocycles. The Morgan fingerprint density at radius 1 is 1.12 bits per heavy atom. The third-order valence-corrected chi connectivity index (χ3v) is 4.98. The van der Waals surface area contributed by atoms with E-state index in [1.54, 1.807) is 24.8 Å². The summed E-state index contributed by atoms with van der Waals surface area (Å²) in [5.74, 6) is 1.55.